The first-order chi connectivity index (χ1) is 9.54. The number of benzene rings is 1. The van der Waals surface area contributed by atoms with E-state index in [2.05, 4.69) is 62.5 Å². The van der Waals surface area contributed by atoms with Crippen LogP contribution < -0.4 is 5.32 Å². The minimum atomic E-state index is 0.347. The average Bonchev–Trinajstić information content (AvgIpc) is 2.90. The van der Waals surface area contributed by atoms with Crippen molar-refractivity contribution in [3.05, 3.63) is 47.5 Å². The van der Waals surface area contributed by atoms with Crippen LogP contribution in [-0.2, 0) is 0 Å². The Morgan fingerprint density at radius 2 is 1.90 bits per heavy atom. The second-order valence-corrected chi connectivity index (χ2v) is 7.19. The minimum Gasteiger partial charge on any atom is -0.310 e. The van der Waals surface area contributed by atoms with Crippen LogP contribution >= 0.6 is 0 Å². The van der Waals surface area contributed by atoms with Crippen molar-refractivity contribution in [2.75, 3.05) is 6.54 Å². The molecule has 1 aliphatic rings. The van der Waals surface area contributed by atoms with E-state index in [1.807, 2.05) is 0 Å². The number of rotatable bonds is 6. The Kier molecular flexibility index (Phi) is 5.42. The van der Waals surface area contributed by atoms with Crippen molar-refractivity contribution < 1.29 is 0 Å². The first kappa shape index (κ1) is 15.3. The van der Waals surface area contributed by atoms with E-state index in [0.717, 1.165) is 6.54 Å². The summed E-state index contributed by atoms with van der Waals surface area (Å²) < 4.78 is 0. The number of nitrogens with one attached hydrogen (secondary N) is 1. The summed E-state index contributed by atoms with van der Waals surface area (Å²) in [4.78, 5) is 0. The Balaban J connectivity index is 1.92. The fraction of sp³-hybridized carbons (Fsp3) is 0.579. The van der Waals surface area contributed by atoms with Crippen LogP contribution in [0.2, 0.25) is 0 Å². The predicted octanol–water partition coefficient (Wildman–Crippen LogP) is 5.25. The predicted molar refractivity (Wildman–Crippen MR) is 87.8 cm³/mol. The van der Waals surface area contributed by atoms with Gasteiger partial charge in [0.15, 0.2) is 0 Å². The van der Waals surface area contributed by atoms with Crippen LogP contribution in [0.15, 0.2) is 42.0 Å². The molecule has 0 saturated heterocycles. The average molecular weight is 271 g/mol. The highest BCUT2D eigenvalue weighted by Crippen LogP contribution is 2.29. The highest BCUT2D eigenvalue weighted by atomic mass is 14.9. The van der Waals surface area contributed by atoms with Crippen LogP contribution in [0.1, 0.15) is 64.5 Å². The van der Waals surface area contributed by atoms with Crippen LogP contribution in [0.25, 0.3) is 0 Å². The Labute approximate surface area is 124 Å². The molecule has 1 aromatic rings. The summed E-state index contributed by atoms with van der Waals surface area (Å²) in [6.45, 7) is 8.07. The van der Waals surface area contributed by atoms with E-state index in [-0.39, 0.29) is 0 Å². The van der Waals surface area contributed by atoms with Gasteiger partial charge in [-0.05, 0) is 49.6 Å². The summed E-state index contributed by atoms with van der Waals surface area (Å²) in [6.07, 6.45) is 8.79. The van der Waals surface area contributed by atoms with E-state index in [1.165, 1.54) is 37.7 Å². The van der Waals surface area contributed by atoms with Crippen LogP contribution in [0.3, 0.4) is 0 Å². The zero-order chi connectivity index (χ0) is 14.4. The maximum Gasteiger partial charge on any atom is 0.0325 e. The van der Waals surface area contributed by atoms with Gasteiger partial charge in [-0.1, -0.05) is 62.8 Å². The Morgan fingerprint density at radius 3 is 2.50 bits per heavy atom. The van der Waals surface area contributed by atoms with E-state index in [0.29, 0.717) is 11.5 Å². The van der Waals surface area contributed by atoms with Gasteiger partial charge in [0.2, 0.25) is 0 Å². The largest absolute Gasteiger partial charge is 0.310 e. The summed E-state index contributed by atoms with van der Waals surface area (Å²) in [7, 11) is 0. The summed E-state index contributed by atoms with van der Waals surface area (Å²) in [6, 6.07) is 11.4. The third kappa shape index (κ3) is 5.13. The van der Waals surface area contributed by atoms with Gasteiger partial charge in [0.05, 0.1) is 0 Å². The number of allylic oxidation sites excluding steroid dienone is 1. The highest BCUT2D eigenvalue weighted by molar-refractivity contribution is 5.19. The van der Waals surface area contributed by atoms with Crippen molar-refractivity contribution in [1.29, 1.82) is 0 Å². The normalized spacial score (nSPS) is 17.1. The first-order valence-corrected chi connectivity index (χ1v) is 8.01. The molecule has 1 aliphatic carbocycles. The lowest BCUT2D eigenvalue weighted by molar-refractivity contribution is 0.312. The monoisotopic (exact) mass is 271 g/mol. The zero-order valence-corrected chi connectivity index (χ0v) is 13.3. The molecular weight excluding hydrogens is 242 g/mol. The molecule has 1 nitrogen and oxygen atoms in total. The third-order valence-electron chi connectivity index (χ3n) is 3.99. The topological polar surface area (TPSA) is 12.0 Å². The molecule has 0 spiro atoms. The lowest BCUT2D eigenvalue weighted by Gasteiger charge is -2.27. The first-order valence-electron chi connectivity index (χ1n) is 8.01. The molecular formula is C19H29N. The maximum atomic E-state index is 3.78. The molecule has 1 atom stereocenters. The Hall–Kier alpha value is -1.08. The fourth-order valence-corrected chi connectivity index (χ4v) is 2.98. The van der Waals surface area contributed by atoms with Gasteiger partial charge in [0.25, 0.3) is 0 Å². The molecule has 1 heteroatoms. The Bertz CT molecular complexity index is 425. The summed E-state index contributed by atoms with van der Waals surface area (Å²) >= 11 is 0. The number of hydrogen-bond acceptors (Lipinski definition) is 1. The molecule has 0 radical (unpaired) electrons. The SMILES string of the molecule is CC(C)(C)CC(NCCC1=CCCC1)c1ccccc1. The third-order valence-corrected chi connectivity index (χ3v) is 3.99. The van der Waals surface area contributed by atoms with Gasteiger partial charge in [-0.2, -0.15) is 0 Å². The smallest absolute Gasteiger partial charge is 0.0325 e. The maximum absolute atomic E-state index is 3.78. The molecule has 2 rings (SSSR count). The van der Waals surface area contributed by atoms with Gasteiger partial charge in [0.1, 0.15) is 0 Å². The van der Waals surface area contributed by atoms with Crippen molar-refractivity contribution in [2.24, 2.45) is 5.41 Å². The second kappa shape index (κ2) is 7.08. The second-order valence-electron chi connectivity index (χ2n) is 7.19. The molecule has 1 aromatic carbocycles. The van der Waals surface area contributed by atoms with E-state index < -0.39 is 0 Å². The van der Waals surface area contributed by atoms with Gasteiger partial charge < -0.3 is 5.32 Å². The highest BCUT2D eigenvalue weighted by Gasteiger charge is 2.19. The number of hydrogen-bond donors (Lipinski definition) is 1. The standard InChI is InChI=1S/C19H29N/c1-19(2,3)15-18(17-11-5-4-6-12-17)20-14-13-16-9-7-8-10-16/h4-6,9,11-12,18,20H,7-8,10,13-15H2,1-3H3. The molecule has 20 heavy (non-hydrogen) atoms. The quantitative estimate of drug-likeness (QED) is 0.696. The minimum absolute atomic E-state index is 0.347. The summed E-state index contributed by atoms with van der Waals surface area (Å²) in [5.74, 6) is 0. The molecule has 0 bridgehead atoms. The summed E-state index contributed by atoms with van der Waals surface area (Å²) in [5, 5.41) is 3.78. The zero-order valence-electron chi connectivity index (χ0n) is 13.3. The van der Waals surface area contributed by atoms with Crippen LogP contribution in [0, 0.1) is 5.41 Å². The van der Waals surface area contributed by atoms with Crippen LogP contribution in [0.4, 0.5) is 0 Å². The molecule has 0 saturated carbocycles. The molecule has 0 aliphatic heterocycles. The molecule has 0 aromatic heterocycles. The summed E-state index contributed by atoms with van der Waals surface area (Å²) in [5.41, 5.74) is 3.42. The van der Waals surface area contributed by atoms with Crippen molar-refractivity contribution in [3.63, 3.8) is 0 Å². The molecule has 0 fully saturated rings. The van der Waals surface area contributed by atoms with Crippen molar-refractivity contribution in [1.82, 2.24) is 5.32 Å². The van der Waals surface area contributed by atoms with E-state index in [4.69, 9.17) is 0 Å². The van der Waals surface area contributed by atoms with E-state index >= 15 is 0 Å². The van der Waals surface area contributed by atoms with Crippen molar-refractivity contribution in [3.8, 4) is 0 Å². The van der Waals surface area contributed by atoms with Gasteiger partial charge in [-0.25, -0.2) is 0 Å². The lowest BCUT2D eigenvalue weighted by atomic mass is 9.85. The Morgan fingerprint density at radius 1 is 1.15 bits per heavy atom. The van der Waals surface area contributed by atoms with Gasteiger partial charge in [-0.3, -0.25) is 0 Å². The van der Waals surface area contributed by atoms with Gasteiger partial charge in [0, 0.05) is 6.04 Å². The molecule has 1 unspecified atom stereocenters. The van der Waals surface area contributed by atoms with Crippen LogP contribution in [-0.4, -0.2) is 6.54 Å². The molecule has 1 N–H and O–H groups in total. The molecule has 0 heterocycles. The van der Waals surface area contributed by atoms with E-state index in [9.17, 15) is 0 Å². The van der Waals surface area contributed by atoms with Crippen molar-refractivity contribution in [2.45, 2.75) is 58.9 Å². The fourth-order valence-electron chi connectivity index (χ4n) is 2.98. The van der Waals surface area contributed by atoms with E-state index in [1.54, 1.807) is 5.57 Å². The van der Waals surface area contributed by atoms with Gasteiger partial charge >= 0.3 is 0 Å². The molecule has 110 valence electrons. The van der Waals surface area contributed by atoms with Gasteiger partial charge in [-0.15, -0.1) is 0 Å². The molecule has 0 amide bonds. The lowest BCUT2D eigenvalue weighted by Crippen LogP contribution is -2.26. The van der Waals surface area contributed by atoms with Crippen LogP contribution in [0.5, 0.6) is 0 Å². The van der Waals surface area contributed by atoms with Crippen molar-refractivity contribution >= 4 is 0 Å².